The van der Waals surface area contributed by atoms with E-state index >= 15 is 0 Å². The molecule has 4 aromatic carbocycles. The molecule has 0 saturated carbocycles. The molecule has 1 heterocycles. The van der Waals surface area contributed by atoms with Crippen LogP contribution in [0.5, 0.6) is 0 Å². The second-order valence-corrected chi connectivity index (χ2v) is 7.93. The van der Waals surface area contributed by atoms with Gasteiger partial charge in [0.25, 0.3) is 0 Å². The van der Waals surface area contributed by atoms with Crippen molar-refractivity contribution >= 4 is 50.1 Å². The molecular formula is C25H19ClN2O. The van der Waals surface area contributed by atoms with Gasteiger partial charge in [-0.2, -0.15) is 0 Å². The van der Waals surface area contributed by atoms with Gasteiger partial charge in [0.05, 0.1) is 11.0 Å². The molecule has 1 amide bonds. The molecule has 0 aliphatic heterocycles. The molecule has 2 N–H and O–H groups in total. The SMILES string of the molecule is Cc1ccc2cc(Cn3c4cc(Cl)ccc4c4c(C(N)=O)cccc43)ccc2c1. The highest BCUT2D eigenvalue weighted by atomic mass is 35.5. The second kappa shape index (κ2) is 6.64. The van der Waals surface area contributed by atoms with Gasteiger partial charge in [0, 0.05) is 27.9 Å². The van der Waals surface area contributed by atoms with E-state index in [1.807, 2.05) is 30.3 Å². The maximum Gasteiger partial charge on any atom is 0.249 e. The summed E-state index contributed by atoms with van der Waals surface area (Å²) in [4.78, 5) is 12.1. The Morgan fingerprint density at radius 1 is 0.931 bits per heavy atom. The Labute approximate surface area is 173 Å². The van der Waals surface area contributed by atoms with Crippen molar-refractivity contribution in [1.82, 2.24) is 4.57 Å². The van der Waals surface area contributed by atoms with E-state index in [0.717, 1.165) is 21.8 Å². The zero-order valence-corrected chi connectivity index (χ0v) is 16.7. The summed E-state index contributed by atoms with van der Waals surface area (Å²) in [6.45, 7) is 2.78. The van der Waals surface area contributed by atoms with E-state index in [2.05, 4.69) is 47.9 Å². The quantitative estimate of drug-likeness (QED) is 0.394. The fraction of sp³-hybridized carbons (Fsp3) is 0.0800. The number of benzene rings is 4. The van der Waals surface area contributed by atoms with Crippen LogP contribution in [0.25, 0.3) is 32.6 Å². The molecule has 1 aromatic heterocycles. The Morgan fingerprint density at radius 2 is 1.72 bits per heavy atom. The van der Waals surface area contributed by atoms with Gasteiger partial charge >= 0.3 is 0 Å². The maximum absolute atomic E-state index is 12.1. The smallest absolute Gasteiger partial charge is 0.249 e. The van der Waals surface area contributed by atoms with Crippen molar-refractivity contribution in [3.63, 3.8) is 0 Å². The van der Waals surface area contributed by atoms with Crippen molar-refractivity contribution < 1.29 is 4.79 Å². The van der Waals surface area contributed by atoms with E-state index in [4.69, 9.17) is 17.3 Å². The number of aromatic nitrogens is 1. The number of aryl methyl sites for hydroxylation is 1. The van der Waals surface area contributed by atoms with E-state index in [1.54, 1.807) is 6.07 Å². The van der Waals surface area contributed by atoms with Crippen molar-refractivity contribution in [3.8, 4) is 0 Å². The molecule has 0 unspecified atom stereocenters. The Bertz CT molecular complexity index is 1430. The third-order valence-electron chi connectivity index (χ3n) is 5.52. The van der Waals surface area contributed by atoms with Gasteiger partial charge in [0.15, 0.2) is 0 Å². The highest BCUT2D eigenvalue weighted by molar-refractivity contribution is 6.32. The number of halogens is 1. The lowest BCUT2D eigenvalue weighted by atomic mass is 10.0. The summed E-state index contributed by atoms with van der Waals surface area (Å²) in [5.41, 5.74) is 10.6. The van der Waals surface area contributed by atoms with E-state index < -0.39 is 5.91 Å². The number of carbonyl (C=O) groups is 1. The van der Waals surface area contributed by atoms with Crippen LogP contribution < -0.4 is 5.73 Å². The molecule has 0 aliphatic rings. The number of rotatable bonds is 3. The Kier molecular flexibility index (Phi) is 4.07. The van der Waals surface area contributed by atoms with Gasteiger partial charge in [-0.15, -0.1) is 0 Å². The summed E-state index contributed by atoms with van der Waals surface area (Å²) >= 11 is 6.31. The minimum absolute atomic E-state index is 0.425. The molecule has 0 radical (unpaired) electrons. The fourth-order valence-corrected chi connectivity index (χ4v) is 4.35. The number of carbonyl (C=O) groups excluding carboxylic acids is 1. The lowest BCUT2D eigenvalue weighted by molar-refractivity contribution is 0.100. The summed E-state index contributed by atoms with van der Waals surface area (Å²) in [5.74, 6) is -0.425. The number of fused-ring (bicyclic) bond motifs is 4. The zero-order valence-electron chi connectivity index (χ0n) is 15.9. The maximum atomic E-state index is 12.1. The van der Waals surface area contributed by atoms with Crippen molar-refractivity contribution in [3.05, 3.63) is 94.5 Å². The number of hydrogen-bond donors (Lipinski definition) is 1. The van der Waals surface area contributed by atoms with E-state index in [9.17, 15) is 4.79 Å². The highest BCUT2D eigenvalue weighted by Crippen LogP contribution is 2.34. The van der Waals surface area contributed by atoms with Crippen molar-refractivity contribution in [2.24, 2.45) is 5.73 Å². The molecule has 142 valence electrons. The van der Waals surface area contributed by atoms with Crippen molar-refractivity contribution in [2.45, 2.75) is 13.5 Å². The average molecular weight is 399 g/mol. The van der Waals surface area contributed by atoms with Crippen molar-refractivity contribution in [2.75, 3.05) is 0 Å². The average Bonchev–Trinajstić information content (AvgIpc) is 3.01. The molecule has 29 heavy (non-hydrogen) atoms. The molecule has 0 atom stereocenters. The monoisotopic (exact) mass is 398 g/mol. The minimum atomic E-state index is -0.425. The second-order valence-electron chi connectivity index (χ2n) is 7.50. The zero-order chi connectivity index (χ0) is 20.1. The van der Waals surface area contributed by atoms with Gasteiger partial charge in [0.1, 0.15) is 0 Å². The largest absolute Gasteiger partial charge is 0.366 e. The van der Waals surface area contributed by atoms with Gasteiger partial charge in [0.2, 0.25) is 5.91 Å². The number of hydrogen-bond acceptors (Lipinski definition) is 1. The summed E-state index contributed by atoms with van der Waals surface area (Å²) in [6, 6.07) is 24.5. The first kappa shape index (κ1) is 17.8. The van der Waals surface area contributed by atoms with Gasteiger partial charge in [-0.3, -0.25) is 4.79 Å². The Hall–Kier alpha value is -3.30. The standard InChI is InChI=1S/C25H19ClN2O/c1-15-5-7-18-12-16(6-8-17(18)11-15)14-28-22-4-2-3-21(25(27)29)24(22)20-10-9-19(26)13-23(20)28/h2-13H,14H2,1H3,(H2,27,29). The van der Waals surface area contributed by atoms with Crippen LogP contribution >= 0.6 is 11.6 Å². The predicted molar refractivity (Wildman–Crippen MR) is 121 cm³/mol. The first-order valence-electron chi connectivity index (χ1n) is 9.51. The van der Waals surface area contributed by atoms with E-state index in [0.29, 0.717) is 17.1 Å². The van der Waals surface area contributed by atoms with Gasteiger partial charge < -0.3 is 10.3 Å². The number of nitrogens with two attached hydrogens (primary N) is 1. The Balaban J connectivity index is 1.75. The molecule has 5 rings (SSSR count). The summed E-state index contributed by atoms with van der Waals surface area (Å²) in [5, 5.41) is 4.97. The predicted octanol–water partition coefficient (Wildman–Crippen LogP) is 6.06. The number of amides is 1. The molecule has 0 aliphatic carbocycles. The van der Waals surface area contributed by atoms with Crippen LogP contribution in [-0.4, -0.2) is 10.5 Å². The number of nitrogens with zero attached hydrogens (tertiary/aromatic N) is 1. The lowest BCUT2D eigenvalue weighted by Crippen LogP contribution is -2.11. The normalized spacial score (nSPS) is 11.5. The van der Waals surface area contributed by atoms with Crippen LogP contribution in [-0.2, 0) is 6.54 Å². The molecule has 0 spiro atoms. The van der Waals surface area contributed by atoms with E-state index in [1.165, 1.54) is 21.9 Å². The third-order valence-corrected chi connectivity index (χ3v) is 5.75. The highest BCUT2D eigenvalue weighted by Gasteiger charge is 2.17. The molecule has 0 saturated heterocycles. The summed E-state index contributed by atoms with van der Waals surface area (Å²) in [7, 11) is 0. The van der Waals surface area contributed by atoms with Crippen LogP contribution in [0, 0.1) is 6.92 Å². The van der Waals surface area contributed by atoms with Gasteiger partial charge in [-0.25, -0.2) is 0 Å². The van der Waals surface area contributed by atoms with Crippen LogP contribution in [0.2, 0.25) is 5.02 Å². The van der Waals surface area contributed by atoms with Crippen LogP contribution in [0.4, 0.5) is 0 Å². The summed E-state index contributed by atoms with van der Waals surface area (Å²) in [6.07, 6.45) is 0. The number of primary amides is 1. The van der Waals surface area contributed by atoms with Gasteiger partial charge in [-0.1, -0.05) is 59.6 Å². The van der Waals surface area contributed by atoms with Gasteiger partial charge in [-0.05, 0) is 53.6 Å². The lowest BCUT2D eigenvalue weighted by Gasteiger charge is -2.10. The van der Waals surface area contributed by atoms with Crippen LogP contribution in [0.3, 0.4) is 0 Å². The van der Waals surface area contributed by atoms with Crippen LogP contribution in [0.15, 0.2) is 72.8 Å². The summed E-state index contributed by atoms with van der Waals surface area (Å²) < 4.78 is 2.21. The van der Waals surface area contributed by atoms with Crippen LogP contribution in [0.1, 0.15) is 21.5 Å². The molecule has 4 heteroatoms. The molecular weight excluding hydrogens is 380 g/mol. The molecule has 0 fully saturated rings. The third kappa shape index (κ3) is 2.95. The first-order chi connectivity index (χ1) is 14.0. The van der Waals surface area contributed by atoms with Crippen molar-refractivity contribution in [1.29, 1.82) is 0 Å². The molecule has 0 bridgehead atoms. The Morgan fingerprint density at radius 3 is 2.55 bits per heavy atom. The molecule has 3 nitrogen and oxygen atoms in total. The van der Waals surface area contributed by atoms with E-state index in [-0.39, 0.29) is 0 Å². The molecule has 5 aromatic rings. The topological polar surface area (TPSA) is 48.0 Å². The fourth-order valence-electron chi connectivity index (χ4n) is 4.19. The first-order valence-corrected chi connectivity index (χ1v) is 9.88. The minimum Gasteiger partial charge on any atom is -0.366 e.